The molecule has 0 fully saturated rings. The maximum absolute atomic E-state index is 13.6. The van der Waals surface area contributed by atoms with Crippen LogP contribution in [0.5, 0.6) is 0 Å². The molecule has 0 radical (unpaired) electrons. The van der Waals surface area contributed by atoms with Gasteiger partial charge in [0.1, 0.15) is 11.5 Å². The van der Waals surface area contributed by atoms with Crippen molar-refractivity contribution in [3.05, 3.63) is 112 Å². The van der Waals surface area contributed by atoms with Crippen molar-refractivity contribution >= 4 is 17.2 Å². The van der Waals surface area contributed by atoms with Gasteiger partial charge < -0.3 is 4.57 Å². The summed E-state index contributed by atoms with van der Waals surface area (Å²) in [4.78, 5) is 20.2. The van der Waals surface area contributed by atoms with E-state index in [9.17, 15) is 4.79 Å². The number of hydrogen-bond donors (Lipinski definition) is 0. The van der Waals surface area contributed by atoms with Gasteiger partial charge in [-0.3, -0.25) is 9.69 Å². The quantitative estimate of drug-likeness (QED) is 0.466. The number of nitrogens with zero attached hydrogens (tertiary/aromatic N) is 3. The van der Waals surface area contributed by atoms with E-state index in [1.54, 1.807) is 4.90 Å². The molecule has 3 aromatic rings. The molecule has 0 saturated carbocycles. The van der Waals surface area contributed by atoms with Crippen LogP contribution in [0.4, 0.5) is 0 Å². The fraction of sp³-hybridized carbons (Fsp3) is 0.241. The standard InChI is InChI=1S/C29H31N3O/c1-20-11-9-10-14-26(20)22(3)19-32-28(21(2)17-24-12-7-6-8-13-24)30-27(29(32)33)18-25-16-15-23(4)31(25)5/h6-16,19H,17-18H2,1-5H3/b22-19+,28-21+. The largest absolute Gasteiger partial charge is 0.351 e. The highest BCUT2D eigenvalue weighted by atomic mass is 16.2. The van der Waals surface area contributed by atoms with Gasteiger partial charge in [-0.25, -0.2) is 4.99 Å². The lowest BCUT2D eigenvalue weighted by Crippen LogP contribution is -2.27. The Balaban J connectivity index is 1.73. The number of allylic oxidation sites excluding steroid dienone is 2. The lowest BCUT2D eigenvalue weighted by molar-refractivity contribution is -0.119. The number of aromatic nitrogens is 1. The Hall–Kier alpha value is -3.66. The molecular formula is C29H31N3O. The summed E-state index contributed by atoms with van der Waals surface area (Å²) in [5.41, 5.74) is 8.46. The average Bonchev–Trinajstić information content (AvgIpc) is 3.29. The predicted molar refractivity (Wildman–Crippen MR) is 136 cm³/mol. The molecule has 33 heavy (non-hydrogen) atoms. The molecular weight excluding hydrogens is 406 g/mol. The van der Waals surface area contributed by atoms with Crippen molar-refractivity contribution in [2.24, 2.45) is 12.0 Å². The SMILES string of the molecule is C/C(=C\N1C(=O)C(Cc2ccc(C)n2C)=N/C1=C(/C)Cc1ccccc1)c1ccccc1C. The normalized spacial score (nSPS) is 15.8. The van der Waals surface area contributed by atoms with Gasteiger partial charge in [0.25, 0.3) is 5.91 Å². The monoisotopic (exact) mass is 437 g/mol. The number of benzene rings is 2. The van der Waals surface area contributed by atoms with E-state index in [0.29, 0.717) is 12.1 Å². The van der Waals surface area contributed by atoms with Gasteiger partial charge in [-0.05, 0) is 74.1 Å². The average molecular weight is 438 g/mol. The van der Waals surface area contributed by atoms with Crippen molar-refractivity contribution in [1.82, 2.24) is 9.47 Å². The van der Waals surface area contributed by atoms with Crippen LogP contribution in [0, 0.1) is 13.8 Å². The second-order valence-electron chi connectivity index (χ2n) is 8.83. The maximum Gasteiger partial charge on any atom is 0.278 e. The van der Waals surface area contributed by atoms with Gasteiger partial charge in [-0.2, -0.15) is 0 Å². The maximum atomic E-state index is 13.6. The molecule has 4 nitrogen and oxygen atoms in total. The summed E-state index contributed by atoms with van der Waals surface area (Å²) < 4.78 is 2.12. The highest BCUT2D eigenvalue weighted by molar-refractivity contribution is 6.41. The van der Waals surface area contributed by atoms with E-state index in [4.69, 9.17) is 4.99 Å². The van der Waals surface area contributed by atoms with Crippen LogP contribution in [0.1, 0.15) is 41.9 Å². The van der Waals surface area contributed by atoms with Crippen LogP contribution in [0.15, 0.2) is 89.3 Å². The van der Waals surface area contributed by atoms with Gasteiger partial charge in [-0.1, -0.05) is 54.6 Å². The Morgan fingerprint density at radius 2 is 1.64 bits per heavy atom. The molecule has 0 spiro atoms. The van der Waals surface area contributed by atoms with Crippen molar-refractivity contribution < 1.29 is 4.79 Å². The van der Waals surface area contributed by atoms with Crippen molar-refractivity contribution in [2.45, 2.75) is 40.5 Å². The van der Waals surface area contributed by atoms with Gasteiger partial charge in [0, 0.05) is 31.1 Å². The van der Waals surface area contributed by atoms with Crippen LogP contribution >= 0.6 is 0 Å². The minimum absolute atomic E-state index is 0.0517. The van der Waals surface area contributed by atoms with Crippen molar-refractivity contribution in [2.75, 3.05) is 0 Å². The lowest BCUT2D eigenvalue weighted by atomic mass is 10.0. The minimum Gasteiger partial charge on any atom is -0.351 e. The van der Waals surface area contributed by atoms with Gasteiger partial charge in [0.15, 0.2) is 0 Å². The van der Waals surface area contributed by atoms with Crippen LogP contribution in [0.3, 0.4) is 0 Å². The third-order valence-electron chi connectivity index (χ3n) is 6.35. The molecule has 0 unspecified atom stereocenters. The Labute approximate surface area is 196 Å². The molecule has 1 aliphatic rings. The van der Waals surface area contributed by atoms with E-state index in [1.807, 2.05) is 43.6 Å². The summed E-state index contributed by atoms with van der Waals surface area (Å²) in [6.07, 6.45) is 3.21. The fourth-order valence-electron chi connectivity index (χ4n) is 4.28. The third kappa shape index (κ3) is 4.75. The summed E-state index contributed by atoms with van der Waals surface area (Å²) in [5, 5.41) is 0. The number of hydrogen-bond acceptors (Lipinski definition) is 2. The minimum atomic E-state index is -0.0517. The topological polar surface area (TPSA) is 37.6 Å². The summed E-state index contributed by atoms with van der Waals surface area (Å²) in [6, 6.07) is 22.7. The van der Waals surface area contributed by atoms with Crippen molar-refractivity contribution in [3.8, 4) is 0 Å². The molecule has 2 aromatic carbocycles. The van der Waals surface area contributed by atoms with Crippen LogP contribution in [0.25, 0.3) is 5.57 Å². The predicted octanol–water partition coefficient (Wildman–Crippen LogP) is 6.00. The lowest BCUT2D eigenvalue weighted by Gasteiger charge is -2.17. The molecule has 4 heteroatoms. The second-order valence-corrected chi connectivity index (χ2v) is 8.83. The van der Waals surface area contributed by atoms with E-state index >= 15 is 0 Å². The molecule has 0 aliphatic carbocycles. The number of carbonyl (C=O) groups excluding carboxylic acids is 1. The van der Waals surface area contributed by atoms with Crippen molar-refractivity contribution in [3.63, 3.8) is 0 Å². The Bertz CT molecular complexity index is 1280. The highest BCUT2D eigenvalue weighted by Crippen LogP contribution is 2.28. The van der Waals surface area contributed by atoms with Crippen LogP contribution < -0.4 is 0 Å². The third-order valence-corrected chi connectivity index (χ3v) is 6.35. The van der Waals surface area contributed by atoms with E-state index in [1.165, 1.54) is 16.8 Å². The van der Waals surface area contributed by atoms with E-state index in [2.05, 4.69) is 68.7 Å². The smallest absolute Gasteiger partial charge is 0.278 e. The first-order valence-corrected chi connectivity index (χ1v) is 11.4. The number of amides is 1. The summed E-state index contributed by atoms with van der Waals surface area (Å²) >= 11 is 0. The van der Waals surface area contributed by atoms with Crippen LogP contribution in [-0.4, -0.2) is 21.1 Å². The Kier molecular flexibility index (Phi) is 6.45. The molecule has 2 heterocycles. The second kappa shape index (κ2) is 9.45. The Morgan fingerprint density at radius 1 is 0.939 bits per heavy atom. The highest BCUT2D eigenvalue weighted by Gasteiger charge is 2.31. The molecule has 1 amide bonds. The number of aryl methyl sites for hydroxylation is 2. The van der Waals surface area contributed by atoms with Crippen LogP contribution in [-0.2, 0) is 24.7 Å². The van der Waals surface area contributed by atoms with Gasteiger partial charge in [0.2, 0.25) is 0 Å². The van der Waals surface area contributed by atoms with E-state index in [-0.39, 0.29) is 5.91 Å². The van der Waals surface area contributed by atoms with Crippen LogP contribution in [0.2, 0.25) is 0 Å². The summed E-state index contributed by atoms with van der Waals surface area (Å²) in [5.74, 6) is 0.682. The van der Waals surface area contributed by atoms with E-state index in [0.717, 1.165) is 34.6 Å². The van der Waals surface area contributed by atoms with Gasteiger partial charge in [0.05, 0.1) is 0 Å². The molecule has 0 N–H and O–H groups in total. The first-order valence-electron chi connectivity index (χ1n) is 11.4. The first-order chi connectivity index (χ1) is 15.8. The molecule has 168 valence electrons. The molecule has 1 aliphatic heterocycles. The molecule has 1 aromatic heterocycles. The van der Waals surface area contributed by atoms with Gasteiger partial charge >= 0.3 is 0 Å². The molecule has 0 saturated heterocycles. The molecule has 0 atom stereocenters. The molecule has 0 bridgehead atoms. The number of aliphatic imine (C=N–C) groups is 1. The fourth-order valence-corrected chi connectivity index (χ4v) is 4.28. The summed E-state index contributed by atoms with van der Waals surface area (Å²) in [6.45, 7) is 8.28. The van der Waals surface area contributed by atoms with Crippen molar-refractivity contribution in [1.29, 1.82) is 0 Å². The van der Waals surface area contributed by atoms with Gasteiger partial charge in [-0.15, -0.1) is 0 Å². The first kappa shape index (κ1) is 22.5. The van der Waals surface area contributed by atoms with E-state index < -0.39 is 0 Å². The zero-order chi connectivity index (χ0) is 23.5. The molecule has 4 rings (SSSR count). The number of rotatable bonds is 6. The zero-order valence-electron chi connectivity index (χ0n) is 20.1. The summed E-state index contributed by atoms with van der Waals surface area (Å²) in [7, 11) is 2.03. The zero-order valence-corrected chi connectivity index (χ0v) is 20.1. The Morgan fingerprint density at radius 3 is 2.30 bits per heavy atom. The number of carbonyl (C=O) groups is 1.